The van der Waals surface area contributed by atoms with Gasteiger partial charge in [0.2, 0.25) is 0 Å². The number of esters is 1. The first kappa shape index (κ1) is 12.9. The van der Waals surface area contributed by atoms with E-state index in [0.29, 0.717) is 0 Å². The zero-order valence-electron chi connectivity index (χ0n) is 8.77. The Balaban J connectivity index is 3.59. The lowest BCUT2D eigenvalue weighted by Gasteiger charge is -2.05. The van der Waals surface area contributed by atoms with Gasteiger partial charge in [-0.1, -0.05) is 0 Å². The number of benzene rings is 1. The minimum atomic E-state index is -0.875. The normalized spacial score (nSPS) is 9.47. The topological polar surface area (TPSA) is 93.2 Å². The monoisotopic (exact) mass is 254 g/mol. The molecule has 0 saturated carbocycles. The molecule has 0 aliphatic heterocycles. The van der Waals surface area contributed by atoms with Crippen LogP contribution in [0, 0.1) is 21.4 Å². The molecule has 0 heterocycles. The van der Waals surface area contributed by atoms with E-state index in [0.717, 1.165) is 13.2 Å². The van der Waals surface area contributed by atoms with Gasteiger partial charge >= 0.3 is 5.97 Å². The van der Waals surface area contributed by atoms with Gasteiger partial charge in [0, 0.05) is 5.56 Å². The van der Waals surface area contributed by atoms with E-state index >= 15 is 0 Å². The van der Waals surface area contributed by atoms with Gasteiger partial charge in [-0.05, 0) is 12.1 Å². The fraction of sp³-hybridized carbons (Fsp3) is 0.200. The second kappa shape index (κ2) is 5.27. The van der Waals surface area contributed by atoms with Crippen LogP contribution in [0.2, 0.25) is 0 Å². The Morgan fingerprint density at radius 3 is 2.71 bits per heavy atom. The molecule has 0 amide bonds. The summed E-state index contributed by atoms with van der Waals surface area (Å²) in [7, 11) is 1.10. The number of nitro benzene ring substituents is 1. The predicted octanol–water partition coefficient (Wildman–Crippen LogP) is 1.99. The van der Waals surface area contributed by atoms with Gasteiger partial charge in [0.15, 0.2) is 0 Å². The Kier molecular flexibility index (Phi) is 4.01. The quantitative estimate of drug-likeness (QED) is 0.356. The van der Waals surface area contributed by atoms with Gasteiger partial charge in [-0.2, -0.15) is 5.26 Å². The van der Waals surface area contributed by atoms with Crippen molar-refractivity contribution in [2.45, 2.75) is 5.88 Å². The molecule has 0 atom stereocenters. The van der Waals surface area contributed by atoms with E-state index in [9.17, 15) is 14.9 Å². The molecule has 0 aromatic heterocycles. The van der Waals surface area contributed by atoms with Gasteiger partial charge in [0.25, 0.3) is 5.69 Å². The number of halogens is 1. The molecule has 7 heteroatoms. The highest BCUT2D eigenvalue weighted by Gasteiger charge is 2.26. The average Bonchev–Trinajstić information content (AvgIpc) is 2.35. The van der Waals surface area contributed by atoms with Crippen LogP contribution in [0.5, 0.6) is 0 Å². The van der Waals surface area contributed by atoms with Crippen LogP contribution >= 0.6 is 11.6 Å². The van der Waals surface area contributed by atoms with Gasteiger partial charge in [-0.3, -0.25) is 10.1 Å². The molecular formula is C10H7ClN2O4. The number of nitrogens with zero attached hydrogens (tertiary/aromatic N) is 2. The number of methoxy groups -OCH3 is 1. The standard InChI is InChI=1S/C10H7ClN2O4/c1-17-10(14)8-3-6(5-12)2-7(4-11)9(8)13(15)16/h2-3H,4H2,1H3. The average molecular weight is 255 g/mol. The minimum Gasteiger partial charge on any atom is -0.465 e. The first-order valence-corrected chi connectivity index (χ1v) is 4.94. The van der Waals surface area contributed by atoms with Crippen molar-refractivity contribution in [2.75, 3.05) is 7.11 Å². The molecule has 0 N–H and O–H groups in total. The minimum absolute atomic E-state index is 0.108. The van der Waals surface area contributed by atoms with Crippen LogP contribution in [0.15, 0.2) is 12.1 Å². The molecule has 0 aliphatic carbocycles. The molecule has 17 heavy (non-hydrogen) atoms. The summed E-state index contributed by atoms with van der Waals surface area (Å²) in [5.41, 5.74) is -0.471. The van der Waals surface area contributed by atoms with Gasteiger partial charge in [0.1, 0.15) is 5.56 Å². The maximum atomic E-state index is 11.4. The lowest BCUT2D eigenvalue weighted by molar-refractivity contribution is -0.385. The molecule has 1 aromatic rings. The van der Waals surface area contributed by atoms with E-state index in [2.05, 4.69) is 4.74 Å². The number of alkyl halides is 1. The SMILES string of the molecule is COC(=O)c1cc(C#N)cc(CCl)c1[N+](=O)[O-]. The van der Waals surface area contributed by atoms with Crippen LogP contribution in [0.4, 0.5) is 5.69 Å². The largest absolute Gasteiger partial charge is 0.465 e. The van der Waals surface area contributed by atoms with E-state index in [1.807, 2.05) is 0 Å². The van der Waals surface area contributed by atoms with E-state index < -0.39 is 16.6 Å². The Bertz CT molecular complexity index is 522. The summed E-state index contributed by atoms with van der Waals surface area (Å²) < 4.78 is 4.43. The zero-order valence-corrected chi connectivity index (χ0v) is 9.52. The molecule has 0 saturated heterocycles. The fourth-order valence-electron chi connectivity index (χ4n) is 1.34. The maximum Gasteiger partial charge on any atom is 0.344 e. The molecule has 0 aliphatic rings. The van der Waals surface area contributed by atoms with E-state index in [4.69, 9.17) is 16.9 Å². The molecule has 0 unspecified atom stereocenters. The van der Waals surface area contributed by atoms with E-state index in [1.165, 1.54) is 6.07 Å². The summed E-state index contributed by atoms with van der Waals surface area (Å²) >= 11 is 5.56. The third-order valence-corrected chi connectivity index (χ3v) is 2.34. The third kappa shape index (κ3) is 2.52. The summed E-state index contributed by atoms with van der Waals surface area (Å²) in [5, 5.41) is 19.6. The highest BCUT2D eigenvalue weighted by atomic mass is 35.5. The van der Waals surface area contributed by atoms with Crippen LogP contribution in [0.3, 0.4) is 0 Å². The number of hydrogen-bond donors (Lipinski definition) is 0. The Labute approximate surface area is 102 Å². The van der Waals surface area contributed by atoms with Crippen molar-refractivity contribution in [1.29, 1.82) is 5.26 Å². The fourth-order valence-corrected chi connectivity index (χ4v) is 1.55. The van der Waals surface area contributed by atoms with Crippen LogP contribution in [0.25, 0.3) is 0 Å². The Morgan fingerprint density at radius 2 is 2.29 bits per heavy atom. The number of hydrogen-bond acceptors (Lipinski definition) is 5. The highest BCUT2D eigenvalue weighted by molar-refractivity contribution is 6.17. The molecule has 88 valence electrons. The maximum absolute atomic E-state index is 11.4. The predicted molar refractivity (Wildman–Crippen MR) is 58.7 cm³/mol. The zero-order chi connectivity index (χ0) is 13.0. The van der Waals surface area contributed by atoms with Crippen LogP contribution < -0.4 is 0 Å². The lowest BCUT2D eigenvalue weighted by atomic mass is 10.0. The molecule has 0 spiro atoms. The first-order chi connectivity index (χ1) is 8.04. The van der Waals surface area contributed by atoms with Crippen molar-refractivity contribution >= 4 is 23.3 Å². The number of rotatable bonds is 3. The number of nitriles is 1. The number of carbonyl (C=O) groups excluding carboxylic acids is 1. The number of ether oxygens (including phenoxy) is 1. The van der Waals surface area contributed by atoms with Crippen molar-refractivity contribution in [3.05, 3.63) is 38.9 Å². The summed E-state index contributed by atoms with van der Waals surface area (Å²) in [5.74, 6) is -1.05. The molecular weight excluding hydrogens is 248 g/mol. The first-order valence-electron chi connectivity index (χ1n) is 4.40. The van der Waals surface area contributed by atoms with Gasteiger partial charge < -0.3 is 4.74 Å². The molecule has 0 fully saturated rings. The third-order valence-electron chi connectivity index (χ3n) is 2.05. The lowest BCUT2D eigenvalue weighted by Crippen LogP contribution is -2.08. The summed E-state index contributed by atoms with van der Waals surface area (Å²) in [4.78, 5) is 21.6. The summed E-state index contributed by atoms with van der Waals surface area (Å²) in [6.45, 7) is 0. The second-order valence-corrected chi connectivity index (χ2v) is 3.29. The number of nitro groups is 1. The van der Waals surface area contributed by atoms with Crippen LogP contribution in [-0.4, -0.2) is 18.0 Å². The smallest absolute Gasteiger partial charge is 0.344 e. The van der Waals surface area contributed by atoms with E-state index in [-0.39, 0.29) is 22.6 Å². The molecule has 1 rings (SSSR count). The van der Waals surface area contributed by atoms with Crippen LogP contribution in [-0.2, 0) is 10.6 Å². The molecule has 6 nitrogen and oxygen atoms in total. The van der Waals surface area contributed by atoms with Crippen molar-refractivity contribution in [3.63, 3.8) is 0 Å². The summed E-state index contributed by atoms with van der Waals surface area (Å²) in [6.07, 6.45) is 0. The van der Waals surface area contributed by atoms with Gasteiger partial charge in [-0.15, -0.1) is 11.6 Å². The number of carbonyl (C=O) groups is 1. The van der Waals surface area contributed by atoms with Crippen molar-refractivity contribution in [2.24, 2.45) is 0 Å². The summed E-state index contributed by atoms with van der Waals surface area (Å²) in [6, 6.07) is 4.18. The van der Waals surface area contributed by atoms with Gasteiger partial charge in [0.05, 0.1) is 29.5 Å². The van der Waals surface area contributed by atoms with Crippen molar-refractivity contribution in [3.8, 4) is 6.07 Å². The van der Waals surface area contributed by atoms with Crippen molar-refractivity contribution in [1.82, 2.24) is 0 Å². The van der Waals surface area contributed by atoms with Crippen molar-refractivity contribution < 1.29 is 14.5 Å². The molecule has 0 radical (unpaired) electrons. The van der Waals surface area contributed by atoms with Crippen LogP contribution in [0.1, 0.15) is 21.5 Å². The Morgan fingerprint density at radius 1 is 1.65 bits per heavy atom. The highest BCUT2D eigenvalue weighted by Crippen LogP contribution is 2.27. The molecule has 0 bridgehead atoms. The van der Waals surface area contributed by atoms with E-state index in [1.54, 1.807) is 6.07 Å². The Hall–Kier alpha value is -2.13. The van der Waals surface area contributed by atoms with Gasteiger partial charge in [-0.25, -0.2) is 4.79 Å². The second-order valence-electron chi connectivity index (χ2n) is 3.03. The molecule has 1 aromatic carbocycles.